The first-order chi connectivity index (χ1) is 38.4. The van der Waals surface area contributed by atoms with Crippen LogP contribution in [0.4, 0.5) is 0 Å². The maximum Gasteiger partial charge on any atom is 0.319 e. The van der Waals surface area contributed by atoms with Crippen molar-refractivity contribution in [3.05, 3.63) is 85.9 Å². The van der Waals surface area contributed by atoms with E-state index < -0.39 is 11.5 Å². The Labute approximate surface area is 467 Å². The molecule has 1 saturated carbocycles. The van der Waals surface area contributed by atoms with Gasteiger partial charge in [0.1, 0.15) is 5.76 Å². The molecule has 0 bridgehead atoms. The van der Waals surface area contributed by atoms with E-state index in [1.54, 1.807) is 11.6 Å². The molecule has 6 aliphatic rings. The molecule has 10 atom stereocenters. The fourth-order valence-electron chi connectivity index (χ4n) is 13.4. The molecule has 4 aromatic heterocycles. The summed E-state index contributed by atoms with van der Waals surface area (Å²) in [5.41, 5.74) is 8.12. The van der Waals surface area contributed by atoms with E-state index in [1.165, 1.54) is 20.0 Å². The molecule has 428 valence electrons. The third-order valence-corrected chi connectivity index (χ3v) is 16.9. The van der Waals surface area contributed by atoms with E-state index in [9.17, 15) is 9.59 Å². The maximum atomic E-state index is 12.5. The Morgan fingerprint density at radius 1 is 0.671 bits per heavy atom. The Kier molecular flexibility index (Phi) is 19.7. The number of Topliss-reactive ketones (excluding diaryl/α,β-unsaturated/α-hetero) is 2. The zero-order valence-electron chi connectivity index (χ0n) is 49.7. The summed E-state index contributed by atoms with van der Waals surface area (Å²) in [6.45, 7) is 42.1. The smallest absolute Gasteiger partial charge is 0.319 e. The lowest BCUT2D eigenvalue weighted by atomic mass is 9.55. The summed E-state index contributed by atoms with van der Waals surface area (Å²) in [5, 5.41) is 11.4. The Hall–Kier alpha value is -6.77. The molecule has 6 aliphatic carbocycles. The van der Waals surface area contributed by atoms with E-state index in [0.717, 1.165) is 84.5 Å². The summed E-state index contributed by atoms with van der Waals surface area (Å²) < 4.78 is 45.3. The number of carbonyl (C=O) groups excluding carboxylic acids is 2. The molecule has 0 aliphatic heterocycles. The number of nitrogens with zero attached hydrogens (tertiary/aromatic N) is 9. The van der Waals surface area contributed by atoms with Crippen molar-refractivity contribution in [3.8, 4) is 35.7 Å². The van der Waals surface area contributed by atoms with Crippen molar-refractivity contribution in [1.29, 1.82) is 0 Å². The van der Waals surface area contributed by atoms with Gasteiger partial charge in [-0.15, -0.1) is 0 Å². The van der Waals surface area contributed by atoms with Crippen LogP contribution in [0, 0.1) is 42.7 Å². The lowest BCUT2D eigenvalue weighted by Gasteiger charge is -2.47. The van der Waals surface area contributed by atoms with E-state index in [-0.39, 0.29) is 57.8 Å². The molecule has 10 rings (SSSR count). The highest BCUT2D eigenvalue weighted by molar-refractivity contribution is 6.00. The van der Waals surface area contributed by atoms with Crippen molar-refractivity contribution < 1.29 is 49.1 Å². The summed E-state index contributed by atoms with van der Waals surface area (Å²) >= 11 is 0. The zero-order valence-corrected chi connectivity index (χ0v) is 48.7. The largest absolute Gasteiger partial charge is 0.478 e. The Balaban J connectivity index is 0.000000186. The number of fused-ring (bicyclic) bond motifs is 10. The lowest BCUT2D eigenvalue weighted by molar-refractivity contribution is -0.129. The molecule has 79 heavy (non-hydrogen) atoms. The number of aromatic nitrogens is 7. The molecule has 20 nitrogen and oxygen atoms in total. The summed E-state index contributed by atoms with van der Waals surface area (Å²) in [4.78, 5) is 59.5. The topological polar surface area (TPSA) is 234 Å². The van der Waals surface area contributed by atoms with Gasteiger partial charge in [0.15, 0.2) is 5.78 Å². The SMILES string of the molecule is CCOc1nc(OCC)c2c(n1)[C@@]1(C)Cc3cnoc3[C@@H](C)[C@@H]1CC2.CNO.[3H]C.[C-]#[N+]C1=C[C@]2(C)c3nc(OCC)nc(OCC)c3CC[C@H]2[C@H](C)C1=O.[C-]#[N+]C1C[C@]2(C)c3nc(OCC)nc(OCC)c3CC[C@H]2[C@H](C)C1=O. The predicted octanol–water partition coefficient (Wildman–Crippen LogP) is 9.78. The van der Waals surface area contributed by atoms with Gasteiger partial charge < -0.3 is 47.8 Å². The predicted molar refractivity (Wildman–Crippen MR) is 295 cm³/mol. The number of allylic oxidation sites excluding steroid dienone is 2. The second-order valence-corrected chi connectivity index (χ2v) is 21.3. The first kappa shape index (κ1) is 59.9. The van der Waals surface area contributed by atoms with E-state index in [1.807, 2.05) is 61.6 Å². The average molecular weight is 1090 g/mol. The van der Waals surface area contributed by atoms with Crippen molar-refractivity contribution in [2.75, 3.05) is 46.7 Å². The van der Waals surface area contributed by atoms with E-state index in [2.05, 4.69) is 62.5 Å². The van der Waals surface area contributed by atoms with E-state index in [0.29, 0.717) is 87.6 Å². The standard InChI is InChI=1S/2C19H25N3O3.C19H23N3O3.CH5NO.CH4/c1-5-23-17-13-7-8-14-11(3)15-12(10-20-25-15)9-19(14,4)16(13)21-18(22-17)24-6-2;2*1-6-24-17-12-8-9-13-11(3)15(23)14(20-5)10-19(13,4)16(12)21-18(22-17)25-7-2;1-2-3;/h10-11,14H,5-9H2,1-4H3;11,13-14H,6-10H2,1-4H3;10-11,13H,6-9H2,1-4H3;2-3H,1H3;1H4/t11-,14-,19-;11-,13-,14?,19-;11-,13-,19-;;/m000../s1/i;;;;1T. The Morgan fingerprint density at radius 3 is 1.56 bits per heavy atom. The summed E-state index contributed by atoms with van der Waals surface area (Å²) in [7, 11) is 2.68. The number of nitrogens with one attached hydrogen (secondary N) is 1. The van der Waals surface area contributed by atoms with Crippen LogP contribution in [0.15, 0.2) is 22.5 Å². The van der Waals surface area contributed by atoms with E-state index in [4.69, 9.17) is 62.6 Å². The van der Waals surface area contributed by atoms with Crippen molar-refractivity contribution in [2.45, 2.75) is 170 Å². The number of rotatable bonds is 12. The van der Waals surface area contributed by atoms with Crippen LogP contribution < -0.4 is 33.9 Å². The van der Waals surface area contributed by atoms with Gasteiger partial charge in [-0.25, -0.2) is 16.9 Å². The first-order valence-electron chi connectivity index (χ1n) is 28.7. The monoisotopic (exact) mass is 1090 g/mol. The fraction of sp³-hybridized carbons (Fsp3) is 0.644. The van der Waals surface area contributed by atoms with Crippen LogP contribution in [0.3, 0.4) is 0 Å². The zero-order chi connectivity index (χ0) is 58.7. The molecular formula is C59H82N10O10. The molecule has 20 heteroatoms. The van der Waals surface area contributed by atoms with Crippen LogP contribution in [0.5, 0.6) is 35.7 Å². The Bertz CT molecular complexity index is 2940. The third-order valence-electron chi connectivity index (χ3n) is 16.9. The second-order valence-electron chi connectivity index (χ2n) is 21.3. The van der Waals surface area contributed by atoms with Gasteiger partial charge in [0, 0.05) is 71.1 Å². The van der Waals surface area contributed by atoms with Gasteiger partial charge in [-0.1, -0.05) is 60.2 Å². The number of hydroxylamine groups is 1. The van der Waals surface area contributed by atoms with Gasteiger partial charge in [0.05, 0.1) is 69.5 Å². The van der Waals surface area contributed by atoms with Crippen LogP contribution in [-0.4, -0.2) is 105 Å². The van der Waals surface area contributed by atoms with Gasteiger partial charge >= 0.3 is 18.0 Å². The van der Waals surface area contributed by atoms with Crippen molar-refractivity contribution in [1.82, 2.24) is 40.5 Å². The average Bonchev–Trinajstić information content (AvgIpc) is 4.00. The molecule has 0 spiro atoms. The van der Waals surface area contributed by atoms with Crippen LogP contribution in [-0.2, 0) is 51.5 Å². The lowest BCUT2D eigenvalue weighted by Crippen LogP contribution is -2.52. The highest BCUT2D eigenvalue weighted by Crippen LogP contribution is 2.56. The third kappa shape index (κ3) is 11.6. The first-order valence-corrected chi connectivity index (χ1v) is 27.7. The van der Waals surface area contributed by atoms with Gasteiger partial charge in [-0.3, -0.25) is 4.79 Å². The van der Waals surface area contributed by atoms with Gasteiger partial charge in [-0.05, 0) is 104 Å². The summed E-state index contributed by atoms with van der Waals surface area (Å²) in [5.74, 6) is 3.60. The summed E-state index contributed by atoms with van der Waals surface area (Å²) in [6, 6.07) is 0.419. The Morgan fingerprint density at radius 2 is 1.10 bits per heavy atom. The summed E-state index contributed by atoms with van der Waals surface area (Å²) in [6.07, 6.45) is 10.3. The number of hydrogen-bond acceptors (Lipinski definition) is 18. The van der Waals surface area contributed by atoms with Crippen molar-refractivity contribution in [2.24, 2.45) is 29.6 Å². The van der Waals surface area contributed by atoms with Crippen molar-refractivity contribution >= 4 is 11.6 Å². The maximum absolute atomic E-state index is 12.5. The van der Waals surface area contributed by atoms with Gasteiger partial charge in [0.25, 0.3) is 6.04 Å². The van der Waals surface area contributed by atoms with Crippen LogP contribution in [0.25, 0.3) is 9.69 Å². The molecule has 0 amide bonds. The molecule has 2 N–H and O–H groups in total. The van der Waals surface area contributed by atoms with Crippen molar-refractivity contribution in [3.63, 3.8) is 0 Å². The van der Waals surface area contributed by atoms with Gasteiger partial charge in [-0.2, -0.15) is 29.9 Å². The number of ketones is 2. The second kappa shape index (κ2) is 26.0. The molecule has 4 heterocycles. The molecular weight excluding hydrogens is 1010 g/mol. The highest BCUT2D eigenvalue weighted by Gasteiger charge is 2.56. The normalized spacial score (nSPS) is 27.4. The number of hydrogen-bond donors (Lipinski definition) is 2. The molecule has 0 saturated heterocycles. The minimum atomic E-state index is -0.594. The minimum absolute atomic E-state index is 0.0648. The fourth-order valence-corrected chi connectivity index (χ4v) is 13.4. The van der Waals surface area contributed by atoms with Crippen LogP contribution in [0.1, 0.15) is 169 Å². The highest BCUT2D eigenvalue weighted by atomic mass is 16.5. The van der Waals surface area contributed by atoms with Gasteiger partial charge in [0.2, 0.25) is 29.1 Å². The number of carbonyl (C=O) groups is 2. The number of ether oxygens (including phenoxy) is 6. The van der Waals surface area contributed by atoms with E-state index >= 15 is 0 Å². The molecule has 4 aromatic rings. The molecule has 0 aromatic carbocycles. The quantitative estimate of drug-likeness (QED) is 0.0992. The molecule has 1 fully saturated rings. The minimum Gasteiger partial charge on any atom is -0.478 e. The molecule has 1 unspecified atom stereocenters. The molecule has 0 radical (unpaired) electrons. The van der Waals surface area contributed by atoms with Crippen LogP contribution >= 0.6 is 0 Å². The van der Waals surface area contributed by atoms with Crippen LogP contribution in [0.2, 0.25) is 0 Å².